The number of nitrogens with zero attached hydrogens (tertiary/aromatic N) is 1. The Hall–Kier alpha value is -0.190. The van der Waals surface area contributed by atoms with E-state index in [2.05, 4.69) is 0 Å². The molecule has 3 atom stereocenters. The van der Waals surface area contributed by atoms with Crippen molar-refractivity contribution in [1.82, 2.24) is 4.90 Å². The highest BCUT2D eigenvalue weighted by molar-refractivity contribution is 4.74. The summed E-state index contributed by atoms with van der Waals surface area (Å²) in [7, 11) is 0. The second-order valence-electron chi connectivity index (χ2n) is 3.00. The Kier molecular flexibility index (Phi) is 2.07. The molecule has 2 fully saturated rings. The molecule has 0 saturated carbocycles. The van der Waals surface area contributed by atoms with Crippen LogP contribution in [-0.2, 0) is 9.47 Å². The Morgan fingerprint density at radius 3 is 3.09 bits per heavy atom. The first-order chi connectivity index (χ1) is 5.34. The second-order valence-corrected chi connectivity index (χ2v) is 3.00. The average molecular weight is 161 g/mol. The number of hydrogen-bond donors (Lipinski definition) is 0. The number of morpholine rings is 1. The van der Waals surface area contributed by atoms with Crippen LogP contribution in [0.5, 0.6) is 0 Å². The van der Waals surface area contributed by atoms with Crippen LogP contribution in [0.4, 0.5) is 4.39 Å². The molecule has 2 bridgehead atoms. The SMILES string of the molecule is FC1CN2CCOC(CO1)C2. The first-order valence-electron chi connectivity index (χ1n) is 3.94. The van der Waals surface area contributed by atoms with Crippen molar-refractivity contribution in [2.24, 2.45) is 0 Å². The molecular formula is C7H12FNO2. The molecule has 0 N–H and O–H groups in total. The van der Waals surface area contributed by atoms with E-state index in [1.165, 1.54) is 0 Å². The van der Waals surface area contributed by atoms with Gasteiger partial charge in [0.2, 0.25) is 6.36 Å². The van der Waals surface area contributed by atoms with Gasteiger partial charge < -0.3 is 9.47 Å². The van der Waals surface area contributed by atoms with Crippen LogP contribution in [0.1, 0.15) is 0 Å². The largest absolute Gasteiger partial charge is 0.373 e. The Morgan fingerprint density at radius 2 is 2.18 bits per heavy atom. The third kappa shape index (κ3) is 1.69. The van der Waals surface area contributed by atoms with E-state index >= 15 is 0 Å². The molecule has 3 nitrogen and oxygen atoms in total. The minimum atomic E-state index is -1.12. The number of alkyl halides is 1. The molecule has 3 unspecified atom stereocenters. The van der Waals surface area contributed by atoms with Gasteiger partial charge in [-0.15, -0.1) is 0 Å². The summed E-state index contributed by atoms with van der Waals surface area (Å²) >= 11 is 0. The number of hydrogen-bond acceptors (Lipinski definition) is 3. The maximum atomic E-state index is 12.8. The molecule has 0 aromatic rings. The fourth-order valence-corrected chi connectivity index (χ4v) is 1.51. The highest BCUT2D eigenvalue weighted by Crippen LogP contribution is 2.12. The van der Waals surface area contributed by atoms with Crippen LogP contribution in [0.25, 0.3) is 0 Å². The zero-order valence-electron chi connectivity index (χ0n) is 6.33. The van der Waals surface area contributed by atoms with Crippen LogP contribution in [0.15, 0.2) is 0 Å². The van der Waals surface area contributed by atoms with E-state index in [1.807, 2.05) is 4.90 Å². The lowest BCUT2D eigenvalue weighted by Gasteiger charge is -2.28. The van der Waals surface area contributed by atoms with Crippen LogP contribution in [-0.4, -0.2) is 50.2 Å². The van der Waals surface area contributed by atoms with Crippen molar-refractivity contribution < 1.29 is 13.9 Å². The van der Waals surface area contributed by atoms with E-state index in [0.717, 1.165) is 13.1 Å². The molecule has 4 heteroatoms. The Bertz CT molecular complexity index is 142. The van der Waals surface area contributed by atoms with Crippen LogP contribution >= 0.6 is 0 Å². The lowest BCUT2D eigenvalue weighted by molar-refractivity contribution is -0.0672. The lowest BCUT2D eigenvalue weighted by atomic mass is 10.3. The molecule has 0 aromatic carbocycles. The normalized spacial score (nSPS) is 45.0. The summed E-state index contributed by atoms with van der Waals surface area (Å²) in [4.78, 5) is 2.05. The Morgan fingerprint density at radius 1 is 1.27 bits per heavy atom. The smallest absolute Gasteiger partial charge is 0.211 e. The topological polar surface area (TPSA) is 21.7 Å². The fourth-order valence-electron chi connectivity index (χ4n) is 1.51. The molecule has 2 aliphatic rings. The van der Waals surface area contributed by atoms with Crippen molar-refractivity contribution in [2.75, 3.05) is 32.8 Å². The van der Waals surface area contributed by atoms with Gasteiger partial charge in [-0.1, -0.05) is 0 Å². The summed E-state index contributed by atoms with van der Waals surface area (Å²) in [6.07, 6.45) is -1.04. The minimum absolute atomic E-state index is 0.0875. The highest BCUT2D eigenvalue weighted by Gasteiger charge is 2.27. The monoisotopic (exact) mass is 161 g/mol. The summed E-state index contributed by atoms with van der Waals surface area (Å²) in [6.45, 7) is 3.17. The van der Waals surface area contributed by atoms with Crippen molar-refractivity contribution in [3.63, 3.8) is 0 Å². The quantitative estimate of drug-likeness (QED) is 0.499. The third-order valence-corrected chi connectivity index (χ3v) is 2.09. The summed E-state index contributed by atoms with van der Waals surface area (Å²) in [5.74, 6) is 0. The van der Waals surface area contributed by atoms with Crippen molar-refractivity contribution in [2.45, 2.75) is 12.5 Å². The fraction of sp³-hybridized carbons (Fsp3) is 1.00. The molecule has 2 rings (SSSR count). The van der Waals surface area contributed by atoms with E-state index in [1.54, 1.807) is 0 Å². The van der Waals surface area contributed by atoms with E-state index in [4.69, 9.17) is 9.47 Å². The summed E-state index contributed by atoms with van der Waals surface area (Å²) in [5, 5.41) is 0. The molecule has 0 radical (unpaired) electrons. The first kappa shape index (κ1) is 7.46. The van der Waals surface area contributed by atoms with Gasteiger partial charge in [0.1, 0.15) is 0 Å². The maximum absolute atomic E-state index is 12.8. The molecule has 2 aliphatic heterocycles. The Balaban J connectivity index is 1.98. The summed E-state index contributed by atoms with van der Waals surface area (Å²) in [6, 6.07) is 0. The number of ether oxygens (including phenoxy) is 2. The van der Waals surface area contributed by atoms with Gasteiger partial charge in [0.15, 0.2) is 0 Å². The first-order valence-corrected chi connectivity index (χ1v) is 3.94. The predicted molar refractivity (Wildman–Crippen MR) is 37.0 cm³/mol. The Labute approximate surface area is 65.1 Å². The average Bonchev–Trinajstić information content (AvgIpc) is 2.12. The van der Waals surface area contributed by atoms with Gasteiger partial charge >= 0.3 is 0 Å². The van der Waals surface area contributed by atoms with Gasteiger partial charge in [0.05, 0.1) is 25.9 Å². The van der Waals surface area contributed by atoms with Gasteiger partial charge in [-0.3, -0.25) is 4.90 Å². The molecule has 0 amide bonds. The standard InChI is InChI=1S/C7H12FNO2/c8-7-4-9-1-2-10-6(3-9)5-11-7/h6-7H,1-5H2. The third-order valence-electron chi connectivity index (χ3n) is 2.09. The molecule has 0 aromatic heterocycles. The summed E-state index contributed by atoms with van der Waals surface area (Å²) < 4.78 is 23.0. The van der Waals surface area contributed by atoms with E-state index in [-0.39, 0.29) is 6.10 Å². The van der Waals surface area contributed by atoms with Crippen molar-refractivity contribution in [3.8, 4) is 0 Å². The van der Waals surface area contributed by atoms with Crippen LogP contribution in [0.3, 0.4) is 0 Å². The van der Waals surface area contributed by atoms with Crippen LogP contribution in [0, 0.1) is 0 Å². The van der Waals surface area contributed by atoms with Gasteiger partial charge in [0, 0.05) is 13.1 Å². The van der Waals surface area contributed by atoms with Crippen LogP contribution < -0.4 is 0 Å². The van der Waals surface area contributed by atoms with E-state index in [0.29, 0.717) is 19.8 Å². The van der Waals surface area contributed by atoms with Crippen molar-refractivity contribution >= 4 is 0 Å². The second kappa shape index (κ2) is 3.05. The van der Waals surface area contributed by atoms with Gasteiger partial charge in [0.25, 0.3) is 0 Å². The predicted octanol–water partition coefficient (Wildman–Crippen LogP) is 0.0130. The highest BCUT2D eigenvalue weighted by atomic mass is 19.1. The molecule has 2 heterocycles. The van der Waals surface area contributed by atoms with Crippen molar-refractivity contribution in [1.29, 1.82) is 0 Å². The number of halogens is 1. The molecular weight excluding hydrogens is 149 g/mol. The number of rotatable bonds is 0. The zero-order chi connectivity index (χ0) is 7.68. The molecule has 0 aliphatic carbocycles. The number of fused-ring (bicyclic) bond motifs is 2. The van der Waals surface area contributed by atoms with E-state index < -0.39 is 6.36 Å². The van der Waals surface area contributed by atoms with Crippen LogP contribution in [0.2, 0.25) is 0 Å². The maximum Gasteiger partial charge on any atom is 0.211 e. The zero-order valence-corrected chi connectivity index (χ0v) is 6.33. The van der Waals surface area contributed by atoms with Crippen molar-refractivity contribution in [3.05, 3.63) is 0 Å². The van der Waals surface area contributed by atoms with Gasteiger partial charge in [-0.05, 0) is 0 Å². The lowest BCUT2D eigenvalue weighted by Crippen LogP contribution is -2.42. The molecule has 0 spiro atoms. The van der Waals surface area contributed by atoms with Gasteiger partial charge in [-0.25, -0.2) is 4.39 Å². The summed E-state index contributed by atoms with van der Waals surface area (Å²) in [5.41, 5.74) is 0. The molecule has 64 valence electrons. The van der Waals surface area contributed by atoms with Gasteiger partial charge in [-0.2, -0.15) is 0 Å². The molecule has 2 saturated heterocycles. The molecule has 11 heavy (non-hydrogen) atoms. The van der Waals surface area contributed by atoms with E-state index in [9.17, 15) is 4.39 Å². The minimum Gasteiger partial charge on any atom is -0.373 e.